The van der Waals surface area contributed by atoms with Gasteiger partial charge >= 0.3 is 6.03 Å². The highest BCUT2D eigenvalue weighted by Gasteiger charge is 2.17. The molecule has 2 unspecified atom stereocenters. The van der Waals surface area contributed by atoms with E-state index in [0.29, 0.717) is 13.2 Å². The molecule has 76 valence electrons. The van der Waals surface area contributed by atoms with E-state index in [9.17, 15) is 4.79 Å². The molecule has 0 bridgehead atoms. The number of hydrogen-bond donors (Lipinski definition) is 3. The van der Waals surface area contributed by atoms with E-state index in [0.717, 1.165) is 13.0 Å². The van der Waals surface area contributed by atoms with Crippen molar-refractivity contribution in [2.24, 2.45) is 5.73 Å². The second kappa shape index (κ2) is 5.04. The van der Waals surface area contributed by atoms with Crippen molar-refractivity contribution in [3.8, 4) is 0 Å². The van der Waals surface area contributed by atoms with Gasteiger partial charge in [0, 0.05) is 19.2 Å². The first kappa shape index (κ1) is 10.3. The van der Waals surface area contributed by atoms with Crippen LogP contribution in [0.15, 0.2) is 0 Å². The number of carbonyl (C=O) groups excluding carboxylic acids is 1. The van der Waals surface area contributed by atoms with E-state index in [-0.39, 0.29) is 18.1 Å². The summed E-state index contributed by atoms with van der Waals surface area (Å²) < 4.78 is 5.12. The fraction of sp³-hybridized carbons (Fsp3) is 0.875. The Morgan fingerprint density at radius 2 is 2.54 bits per heavy atom. The minimum absolute atomic E-state index is 0.0160. The highest BCUT2D eigenvalue weighted by molar-refractivity contribution is 5.74. The van der Waals surface area contributed by atoms with Gasteiger partial charge in [-0.3, -0.25) is 0 Å². The fourth-order valence-corrected chi connectivity index (χ4v) is 1.16. The first-order valence-electron chi connectivity index (χ1n) is 4.57. The van der Waals surface area contributed by atoms with Gasteiger partial charge in [0.15, 0.2) is 0 Å². The quantitative estimate of drug-likeness (QED) is 0.553. The van der Waals surface area contributed by atoms with Crippen molar-refractivity contribution in [3.05, 3.63) is 0 Å². The summed E-state index contributed by atoms with van der Waals surface area (Å²) in [5, 5.41) is 5.54. The smallest absolute Gasteiger partial charge is 0.315 e. The molecule has 4 N–H and O–H groups in total. The number of amides is 2. The molecule has 0 aromatic carbocycles. The Bertz CT molecular complexity index is 169. The van der Waals surface area contributed by atoms with E-state index in [1.807, 2.05) is 6.92 Å². The van der Waals surface area contributed by atoms with Crippen LogP contribution in [0.25, 0.3) is 0 Å². The molecule has 2 amide bonds. The Balaban J connectivity index is 2.16. The van der Waals surface area contributed by atoms with Crippen LogP contribution in [0.4, 0.5) is 4.79 Å². The molecule has 0 aromatic rings. The van der Waals surface area contributed by atoms with Gasteiger partial charge in [-0.1, -0.05) is 0 Å². The van der Waals surface area contributed by atoms with E-state index in [1.165, 1.54) is 0 Å². The maximum absolute atomic E-state index is 11.2. The number of ether oxygens (including phenoxy) is 1. The Kier molecular flexibility index (Phi) is 3.98. The molecule has 13 heavy (non-hydrogen) atoms. The number of urea groups is 1. The summed E-state index contributed by atoms with van der Waals surface area (Å²) in [6.07, 6.45) is 0.893. The van der Waals surface area contributed by atoms with Crippen molar-refractivity contribution in [1.82, 2.24) is 10.6 Å². The number of nitrogens with one attached hydrogen (secondary N) is 2. The summed E-state index contributed by atoms with van der Waals surface area (Å²) in [5.74, 6) is 0. The van der Waals surface area contributed by atoms with Gasteiger partial charge in [-0.2, -0.15) is 0 Å². The van der Waals surface area contributed by atoms with Crippen molar-refractivity contribution in [1.29, 1.82) is 0 Å². The predicted molar refractivity (Wildman–Crippen MR) is 49.4 cm³/mol. The molecule has 0 spiro atoms. The van der Waals surface area contributed by atoms with Crippen molar-refractivity contribution < 1.29 is 9.53 Å². The summed E-state index contributed by atoms with van der Waals surface area (Å²) in [4.78, 5) is 11.2. The summed E-state index contributed by atoms with van der Waals surface area (Å²) >= 11 is 0. The average molecular weight is 187 g/mol. The van der Waals surface area contributed by atoms with Crippen LogP contribution < -0.4 is 16.4 Å². The molecule has 0 aromatic heterocycles. The van der Waals surface area contributed by atoms with Gasteiger partial charge < -0.3 is 21.1 Å². The molecule has 0 radical (unpaired) electrons. The lowest BCUT2D eigenvalue weighted by Crippen LogP contribution is -2.47. The number of hydrogen-bond acceptors (Lipinski definition) is 3. The first-order valence-corrected chi connectivity index (χ1v) is 4.57. The maximum atomic E-state index is 11.2. The van der Waals surface area contributed by atoms with Crippen LogP contribution in [0.2, 0.25) is 0 Å². The summed E-state index contributed by atoms with van der Waals surface area (Å²) in [7, 11) is 0. The van der Waals surface area contributed by atoms with Crippen molar-refractivity contribution in [3.63, 3.8) is 0 Å². The van der Waals surface area contributed by atoms with Crippen LogP contribution in [0, 0.1) is 0 Å². The third-order valence-electron chi connectivity index (χ3n) is 2.00. The lowest BCUT2D eigenvalue weighted by Gasteiger charge is -2.15. The molecule has 5 heteroatoms. The largest absolute Gasteiger partial charge is 0.379 e. The normalized spacial score (nSPS) is 24.0. The van der Waals surface area contributed by atoms with Gasteiger partial charge in [0.25, 0.3) is 0 Å². The Hall–Kier alpha value is -0.810. The van der Waals surface area contributed by atoms with Crippen LogP contribution in [-0.2, 0) is 4.74 Å². The van der Waals surface area contributed by atoms with Crippen LogP contribution in [-0.4, -0.2) is 37.9 Å². The Morgan fingerprint density at radius 1 is 1.77 bits per heavy atom. The van der Waals surface area contributed by atoms with Gasteiger partial charge in [0.2, 0.25) is 0 Å². The number of rotatable bonds is 3. The third kappa shape index (κ3) is 3.61. The second-order valence-corrected chi connectivity index (χ2v) is 3.32. The van der Waals surface area contributed by atoms with Gasteiger partial charge in [-0.25, -0.2) is 4.79 Å². The standard InChI is InChI=1S/C8H17N3O2/c1-6(4-9)10-8(12)11-7-2-3-13-5-7/h6-7H,2-5,9H2,1H3,(H2,10,11,12). The van der Waals surface area contributed by atoms with Gasteiger partial charge in [-0.15, -0.1) is 0 Å². The lowest BCUT2D eigenvalue weighted by atomic mass is 10.3. The minimum atomic E-state index is -0.159. The minimum Gasteiger partial charge on any atom is -0.379 e. The van der Waals surface area contributed by atoms with Crippen molar-refractivity contribution >= 4 is 6.03 Å². The van der Waals surface area contributed by atoms with Gasteiger partial charge in [0.05, 0.1) is 12.6 Å². The molecule has 1 rings (SSSR count). The van der Waals surface area contributed by atoms with E-state index < -0.39 is 0 Å². The highest BCUT2D eigenvalue weighted by Crippen LogP contribution is 2.02. The molecule has 0 saturated carbocycles. The molecule has 1 heterocycles. The summed E-state index contributed by atoms with van der Waals surface area (Å²) in [6.45, 7) is 3.67. The van der Waals surface area contributed by atoms with E-state index in [4.69, 9.17) is 10.5 Å². The van der Waals surface area contributed by atoms with E-state index >= 15 is 0 Å². The van der Waals surface area contributed by atoms with Crippen LogP contribution in [0.5, 0.6) is 0 Å². The molecule has 1 fully saturated rings. The summed E-state index contributed by atoms with van der Waals surface area (Å²) in [5.41, 5.74) is 5.36. The zero-order valence-corrected chi connectivity index (χ0v) is 7.88. The zero-order valence-electron chi connectivity index (χ0n) is 7.88. The first-order chi connectivity index (χ1) is 6.22. The third-order valence-corrected chi connectivity index (χ3v) is 2.00. The van der Waals surface area contributed by atoms with Crippen LogP contribution in [0.1, 0.15) is 13.3 Å². The molecular weight excluding hydrogens is 170 g/mol. The Morgan fingerprint density at radius 3 is 3.08 bits per heavy atom. The molecule has 0 aliphatic carbocycles. The summed E-state index contributed by atoms with van der Waals surface area (Å²) in [6, 6.07) is 0.0146. The second-order valence-electron chi connectivity index (χ2n) is 3.32. The monoisotopic (exact) mass is 187 g/mol. The maximum Gasteiger partial charge on any atom is 0.315 e. The lowest BCUT2D eigenvalue weighted by molar-refractivity contribution is 0.188. The van der Waals surface area contributed by atoms with Crippen LogP contribution in [0.3, 0.4) is 0 Å². The Labute approximate surface area is 78.0 Å². The highest BCUT2D eigenvalue weighted by atomic mass is 16.5. The average Bonchev–Trinajstić information content (AvgIpc) is 2.56. The van der Waals surface area contributed by atoms with E-state index in [1.54, 1.807) is 0 Å². The number of nitrogens with two attached hydrogens (primary N) is 1. The molecule has 1 aliphatic heterocycles. The van der Waals surface area contributed by atoms with Gasteiger partial charge in [-0.05, 0) is 13.3 Å². The van der Waals surface area contributed by atoms with Crippen LogP contribution >= 0.6 is 0 Å². The van der Waals surface area contributed by atoms with Crippen molar-refractivity contribution in [2.45, 2.75) is 25.4 Å². The molecular formula is C8H17N3O2. The van der Waals surface area contributed by atoms with Crippen molar-refractivity contribution in [2.75, 3.05) is 19.8 Å². The molecule has 1 aliphatic rings. The predicted octanol–water partition coefficient (Wildman–Crippen LogP) is -0.578. The number of carbonyl (C=O) groups is 1. The molecule has 5 nitrogen and oxygen atoms in total. The zero-order chi connectivity index (χ0) is 9.68. The van der Waals surface area contributed by atoms with E-state index in [2.05, 4.69) is 10.6 Å². The van der Waals surface area contributed by atoms with Gasteiger partial charge in [0.1, 0.15) is 0 Å². The molecule has 1 saturated heterocycles. The SMILES string of the molecule is CC(CN)NC(=O)NC1CCOC1. The topological polar surface area (TPSA) is 76.4 Å². The fourth-order valence-electron chi connectivity index (χ4n) is 1.16. The molecule has 2 atom stereocenters.